The second kappa shape index (κ2) is 6.37. The number of benzene rings is 1. The Kier molecular flexibility index (Phi) is 4.53. The van der Waals surface area contributed by atoms with E-state index in [0.717, 1.165) is 5.56 Å². The molecule has 0 spiro atoms. The number of rotatable bonds is 4. The Morgan fingerprint density at radius 1 is 1.41 bits per heavy atom. The average molecular weight is 300 g/mol. The summed E-state index contributed by atoms with van der Waals surface area (Å²) in [6.07, 6.45) is 1.92. The number of esters is 2. The Bertz CT molecular complexity index is 658. The topological polar surface area (TPSA) is 89.0 Å². The molecule has 1 aromatic rings. The van der Waals surface area contributed by atoms with E-state index in [1.165, 1.54) is 6.08 Å². The number of hydrogen-bond acceptors (Lipinski definition) is 4. The molecule has 0 amide bonds. The van der Waals surface area contributed by atoms with Crippen LogP contribution in [0, 0.1) is 5.41 Å². The zero-order valence-electron chi connectivity index (χ0n) is 12.4. The molecular formula is C16H16N2O4. The van der Waals surface area contributed by atoms with E-state index in [0.29, 0.717) is 0 Å². The average Bonchev–Trinajstić information content (AvgIpc) is 2.76. The van der Waals surface area contributed by atoms with E-state index < -0.39 is 23.5 Å². The van der Waals surface area contributed by atoms with Gasteiger partial charge in [0.2, 0.25) is 6.10 Å². The lowest BCUT2D eigenvalue weighted by Crippen LogP contribution is -2.36. The van der Waals surface area contributed by atoms with E-state index in [1.807, 2.05) is 30.3 Å². The van der Waals surface area contributed by atoms with Gasteiger partial charge in [-0.1, -0.05) is 44.2 Å². The zero-order chi connectivity index (χ0) is 16.2. The summed E-state index contributed by atoms with van der Waals surface area (Å²) >= 11 is 0. The van der Waals surface area contributed by atoms with Crippen LogP contribution in [-0.2, 0) is 19.1 Å². The molecule has 6 heteroatoms. The third-order valence-electron chi connectivity index (χ3n) is 3.29. The molecule has 1 fully saturated rings. The van der Waals surface area contributed by atoms with Gasteiger partial charge in [-0.15, -0.1) is 0 Å². The summed E-state index contributed by atoms with van der Waals surface area (Å²) in [5.74, 6) is -1.48. The Labute approximate surface area is 128 Å². The minimum absolute atomic E-state index is 0.176. The highest BCUT2D eigenvalue weighted by atomic mass is 16.6. The predicted octanol–water partition coefficient (Wildman–Crippen LogP) is 1.87. The highest BCUT2D eigenvalue weighted by Crippen LogP contribution is 2.31. The Hall–Kier alpha value is -2.72. The normalized spacial score (nSPS) is 19.5. The first-order chi connectivity index (χ1) is 10.4. The lowest BCUT2D eigenvalue weighted by atomic mass is 9.90. The van der Waals surface area contributed by atoms with E-state index >= 15 is 0 Å². The number of carbonyl (C=O) groups is 2. The van der Waals surface area contributed by atoms with Crippen molar-refractivity contribution < 1.29 is 23.9 Å². The van der Waals surface area contributed by atoms with Gasteiger partial charge >= 0.3 is 17.7 Å². The minimum atomic E-state index is -1.01. The SMILES string of the molecule is CC1(C)COC(=O)[C@H]1OC(=O)C(/C=C/c1ccccc1)=[N+]=[N-]. The quantitative estimate of drug-likeness (QED) is 0.367. The molecule has 1 aliphatic rings. The number of cyclic esters (lactones) is 1. The van der Waals surface area contributed by atoms with Gasteiger partial charge in [0.1, 0.15) is 6.61 Å². The Morgan fingerprint density at radius 2 is 2.09 bits per heavy atom. The van der Waals surface area contributed by atoms with Crippen molar-refractivity contribution in [3.63, 3.8) is 0 Å². The summed E-state index contributed by atoms with van der Waals surface area (Å²) in [5.41, 5.74) is 8.89. The summed E-state index contributed by atoms with van der Waals surface area (Å²) in [6.45, 7) is 3.69. The lowest BCUT2D eigenvalue weighted by Gasteiger charge is -2.20. The van der Waals surface area contributed by atoms with Gasteiger partial charge < -0.3 is 15.0 Å². The first kappa shape index (κ1) is 15.7. The predicted molar refractivity (Wildman–Crippen MR) is 78.7 cm³/mol. The first-order valence-electron chi connectivity index (χ1n) is 6.77. The molecule has 0 aromatic heterocycles. The monoisotopic (exact) mass is 300 g/mol. The number of nitrogens with zero attached hydrogens (tertiary/aromatic N) is 2. The molecular weight excluding hydrogens is 284 g/mol. The largest absolute Gasteiger partial charge is 0.462 e. The molecule has 1 heterocycles. The molecule has 1 atom stereocenters. The molecule has 22 heavy (non-hydrogen) atoms. The van der Waals surface area contributed by atoms with Crippen LogP contribution in [0.1, 0.15) is 19.4 Å². The number of carbonyl (C=O) groups excluding carboxylic acids is 2. The third kappa shape index (κ3) is 3.48. The molecule has 6 nitrogen and oxygen atoms in total. The van der Waals surface area contributed by atoms with Crippen LogP contribution >= 0.6 is 0 Å². The van der Waals surface area contributed by atoms with Gasteiger partial charge in [-0.25, -0.2) is 9.59 Å². The van der Waals surface area contributed by atoms with Gasteiger partial charge in [0.15, 0.2) is 0 Å². The van der Waals surface area contributed by atoms with Crippen LogP contribution in [0.2, 0.25) is 0 Å². The van der Waals surface area contributed by atoms with Crippen LogP contribution < -0.4 is 0 Å². The molecule has 0 unspecified atom stereocenters. The molecule has 2 rings (SSSR count). The molecule has 0 saturated carbocycles. The van der Waals surface area contributed by atoms with Crippen molar-refractivity contribution in [2.24, 2.45) is 5.41 Å². The molecule has 0 radical (unpaired) electrons. The molecule has 114 valence electrons. The first-order valence-corrected chi connectivity index (χ1v) is 6.77. The van der Waals surface area contributed by atoms with Crippen molar-refractivity contribution in [2.45, 2.75) is 20.0 Å². The fraction of sp³-hybridized carbons (Fsp3) is 0.312. The van der Waals surface area contributed by atoms with Crippen LogP contribution in [0.15, 0.2) is 36.4 Å². The maximum Gasteiger partial charge on any atom is 0.422 e. The minimum Gasteiger partial charge on any atom is -0.462 e. The lowest BCUT2D eigenvalue weighted by molar-refractivity contribution is -0.160. The van der Waals surface area contributed by atoms with E-state index in [9.17, 15) is 9.59 Å². The summed E-state index contributed by atoms with van der Waals surface area (Å²) in [4.78, 5) is 26.5. The van der Waals surface area contributed by atoms with Gasteiger partial charge in [-0.05, 0) is 11.6 Å². The number of hydrogen-bond donors (Lipinski definition) is 0. The van der Waals surface area contributed by atoms with E-state index in [2.05, 4.69) is 4.79 Å². The summed E-state index contributed by atoms with van der Waals surface area (Å²) in [7, 11) is 0. The van der Waals surface area contributed by atoms with Crippen LogP contribution in [0.5, 0.6) is 0 Å². The summed E-state index contributed by atoms with van der Waals surface area (Å²) < 4.78 is 10.0. The highest BCUT2D eigenvalue weighted by molar-refractivity contribution is 6.39. The fourth-order valence-corrected chi connectivity index (χ4v) is 1.98. The molecule has 0 aliphatic carbocycles. The van der Waals surface area contributed by atoms with Crippen molar-refractivity contribution in [1.82, 2.24) is 0 Å². The van der Waals surface area contributed by atoms with Gasteiger partial charge in [0.25, 0.3) is 0 Å². The molecule has 0 bridgehead atoms. The van der Waals surface area contributed by atoms with Crippen molar-refractivity contribution in [3.8, 4) is 0 Å². The van der Waals surface area contributed by atoms with Crippen LogP contribution in [0.4, 0.5) is 0 Å². The number of ether oxygens (including phenoxy) is 2. The van der Waals surface area contributed by atoms with Gasteiger partial charge in [-0.3, -0.25) is 0 Å². The Balaban J connectivity index is 2.09. The highest BCUT2D eigenvalue weighted by Gasteiger charge is 2.47. The molecule has 1 aliphatic heterocycles. The van der Waals surface area contributed by atoms with Crippen LogP contribution in [0.3, 0.4) is 0 Å². The van der Waals surface area contributed by atoms with Crippen molar-refractivity contribution in [2.75, 3.05) is 6.61 Å². The van der Waals surface area contributed by atoms with Gasteiger partial charge in [0, 0.05) is 11.5 Å². The second-order valence-corrected chi connectivity index (χ2v) is 5.61. The van der Waals surface area contributed by atoms with Crippen LogP contribution in [-0.4, -0.2) is 35.2 Å². The van der Waals surface area contributed by atoms with Gasteiger partial charge in [-0.2, -0.15) is 4.79 Å². The molecule has 1 saturated heterocycles. The van der Waals surface area contributed by atoms with E-state index in [-0.39, 0.29) is 12.3 Å². The standard InChI is InChI=1S/C16H16N2O4/c1-16(2)10-21-15(20)13(16)22-14(19)12(18-17)9-8-11-6-4-3-5-7-11/h3-9,13H,10H2,1-2H3/b9-8+/t13-/m1/s1. The Morgan fingerprint density at radius 3 is 2.64 bits per heavy atom. The fourth-order valence-electron chi connectivity index (χ4n) is 1.98. The van der Waals surface area contributed by atoms with Crippen molar-refractivity contribution in [1.29, 1.82) is 0 Å². The van der Waals surface area contributed by atoms with E-state index in [1.54, 1.807) is 19.9 Å². The maximum absolute atomic E-state index is 12.0. The van der Waals surface area contributed by atoms with Crippen LogP contribution in [0.25, 0.3) is 11.6 Å². The maximum atomic E-state index is 12.0. The third-order valence-corrected chi connectivity index (χ3v) is 3.29. The van der Waals surface area contributed by atoms with Gasteiger partial charge in [0.05, 0.1) is 0 Å². The van der Waals surface area contributed by atoms with Crippen molar-refractivity contribution in [3.05, 3.63) is 47.5 Å². The smallest absolute Gasteiger partial charge is 0.422 e. The van der Waals surface area contributed by atoms with Crippen molar-refractivity contribution >= 4 is 23.7 Å². The van der Waals surface area contributed by atoms with E-state index in [4.69, 9.17) is 15.0 Å². The molecule has 1 aromatic carbocycles. The zero-order valence-corrected chi connectivity index (χ0v) is 12.4. The second-order valence-electron chi connectivity index (χ2n) is 5.61. The summed E-state index contributed by atoms with van der Waals surface area (Å²) in [6, 6.07) is 9.19. The molecule has 0 N–H and O–H groups in total. The summed E-state index contributed by atoms with van der Waals surface area (Å²) in [5, 5.41) is 0.